The van der Waals surface area contributed by atoms with E-state index in [9.17, 15) is 9.59 Å². The van der Waals surface area contributed by atoms with Gasteiger partial charge in [-0.05, 0) is 67.0 Å². The standard InChI is InChI=1S/C21H20BrN3O4/c1-13-4-6-16(7-5-13)25-15(3)21(14(2)24-25)23-19(26)12-28-20(27)11-9-17-8-10-18(22)29-17/h4-11H,12H2,1-3H3,(H,23,26)/b11-9+. The number of furan rings is 1. The van der Waals surface area contributed by atoms with Crippen molar-refractivity contribution < 1.29 is 18.7 Å². The monoisotopic (exact) mass is 457 g/mol. The molecule has 0 spiro atoms. The first-order chi connectivity index (χ1) is 13.8. The summed E-state index contributed by atoms with van der Waals surface area (Å²) in [6.07, 6.45) is 2.66. The van der Waals surface area contributed by atoms with Crippen LogP contribution in [0.5, 0.6) is 0 Å². The van der Waals surface area contributed by atoms with Crippen molar-refractivity contribution in [2.45, 2.75) is 20.8 Å². The molecule has 0 radical (unpaired) electrons. The summed E-state index contributed by atoms with van der Waals surface area (Å²) in [5, 5.41) is 7.26. The van der Waals surface area contributed by atoms with E-state index >= 15 is 0 Å². The molecule has 3 rings (SSSR count). The summed E-state index contributed by atoms with van der Waals surface area (Å²) in [4.78, 5) is 24.0. The lowest BCUT2D eigenvalue weighted by Gasteiger charge is -2.07. The highest BCUT2D eigenvalue weighted by molar-refractivity contribution is 9.10. The Hall–Kier alpha value is -3.13. The summed E-state index contributed by atoms with van der Waals surface area (Å²) < 4.78 is 12.5. The van der Waals surface area contributed by atoms with Gasteiger partial charge >= 0.3 is 5.97 Å². The van der Waals surface area contributed by atoms with E-state index in [0.29, 0.717) is 21.8 Å². The van der Waals surface area contributed by atoms with Gasteiger partial charge in [-0.15, -0.1) is 0 Å². The van der Waals surface area contributed by atoms with Crippen LogP contribution in [0, 0.1) is 20.8 Å². The zero-order valence-electron chi connectivity index (χ0n) is 16.2. The molecule has 0 aliphatic rings. The van der Waals surface area contributed by atoms with Crippen LogP contribution in [0.2, 0.25) is 0 Å². The molecule has 0 aliphatic heterocycles. The van der Waals surface area contributed by atoms with Gasteiger partial charge in [0, 0.05) is 6.08 Å². The number of amides is 1. The number of hydrogen-bond acceptors (Lipinski definition) is 5. The highest BCUT2D eigenvalue weighted by Gasteiger charge is 2.16. The third kappa shape index (κ3) is 5.23. The molecule has 0 bridgehead atoms. The van der Waals surface area contributed by atoms with Gasteiger partial charge in [0.05, 0.1) is 22.8 Å². The van der Waals surface area contributed by atoms with Crippen LogP contribution in [0.3, 0.4) is 0 Å². The van der Waals surface area contributed by atoms with Crippen LogP contribution in [0.25, 0.3) is 11.8 Å². The number of aryl methyl sites for hydroxylation is 2. The molecule has 0 unspecified atom stereocenters. The largest absolute Gasteiger partial charge is 0.452 e. The van der Waals surface area contributed by atoms with E-state index in [1.165, 1.54) is 12.2 Å². The number of ether oxygens (including phenoxy) is 1. The van der Waals surface area contributed by atoms with Crippen molar-refractivity contribution in [2.24, 2.45) is 0 Å². The molecule has 1 aromatic carbocycles. The molecule has 0 atom stereocenters. The molecule has 1 amide bonds. The molecule has 0 fully saturated rings. The summed E-state index contributed by atoms with van der Waals surface area (Å²) in [5.74, 6) is -0.591. The molecule has 1 N–H and O–H groups in total. The van der Waals surface area contributed by atoms with Crippen molar-refractivity contribution in [2.75, 3.05) is 11.9 Å². The first-order valence-electron chi connectivity index (χ1n) is 8.87. The number of esters is 1. The number of nitrogens with zero attached hydrogens (tertiary/aromatic N) is 2. The second-order valence-electron chi connectivity index (χ2n) is 6.42. The van der Waals surface area contributed by atoms with Gasteiger partial charge in [-0.3, -0.25) is 4.79 Å². The number of aromatic nitrogens is 2. The average Bonchev–Trinajstić information content (AvgIpc) is 3.23. The lowest BCUT2D eigenvalue weighted by molar-refractivity contribution is -0.142. The number of hydrogen-bond donors (Lipinski definition) is 1. The Morgan fingerprint density at radius 2 is 1.90 bits per heavy atom. The molecule has 3 aromatic rings. The van der Waals surface area contributed by atoms with Crippen molar-refractivity contribution in [1.82, 2.24) is 9.78 Å². The van der Waals surface area contributed by atoms with Crippen LogP contribution in [0.4, 0.5) is 5.69 Å². The number of carbonyl (C=O) groups excluding carboxylic acids is 2. The normalized spacial score (nSPS) is 11.0. The predicted octanol–water partition coefficient (Wildman–Crippen LogP) is 4.35. The zero-order valence-corrected chi connectivity index (χ0v) is 17.8. The Bertz CT molecular complexity index is 1060. The van der Waals surface area contributed by atoms with Crippen molar-refractivity contribution in [1.29, 1.82) is 0 Å². The predicted molar refractivity (Wildman–Crippen MR) is 113 cm³/mol. The fraction of sp³-hybridized carbons (Fsp3) is 0.190. The van der Waals surface area contributed by atoms with Crippen molar-refractivity contribution in [3.63, 3.8) is 0 Å². The van der Waals surface area contributed by atoms with E-state index in [-0.39, 0.29) is 0 Å². The van der Waals surface area contributed by atoms with Crippen molar-refractivity contribution >= 4 is 39.6 Å². The topological polar surface area (TPSA) is 86.4 Å². The van der Waals surface area contributed by atoms with Gasteiger partial charge in [0.25, 0.3) is 5.91 Å². The molecule has 29 heavy (non-hydrogen) atoms. The maximum atomic E-state index is 12.2. The van der Waals surface area contributed by atoms with Gasteiger partial charge in [0.15, 0.2) is 11.3 Å². The first kappa shape index (κ1) is 20.6. The summed E-state index contributed by atoms with van der Waals surface area (Å²) in [6, 6.07) is 11.3. The molecular formula is C21H20BrN3O4. The van der Waals surface area contributed by atoms with Gasteiger partial charge in [-0.2, -0.15) is 5.10 Å². The third-order valence-electron chi connectivity index (χ3n) is 4.16. The number of rotatable bonds is 6. The minimum absolute atomic E-state index is 0.403. The van der Waals surface area contributed by atoms with Gasteiger partial charge < -0.3 is 14.5 Å². The summed E-state index contributed by atoms with van der Waals surface area (Å²) in [7, 11) is 0. The second-order valence-corrected chi connectivity index (χ2v) is 7.21. The Kier molecular flexibility index (Phi) is 6.33. The maximum Gasteiger partial charge on any atom is 0.331 e. The maximum absolute atomic E-state index is 12.2. The minimum atomic E-state index is -0.642. The Morgan fingerprint density at radius 3 is 2.55 bits per heavy atom. The van der Waals surface area contributed by atoms with Gasteiger partial charge in [-0.1, -0.05) is 17.7 Å². The van der Waals surface area contributed by atoms with Crippen LogP contribution in [0.15, 0.2) is 51.6 Å². The van der Waals surface area contributed by atoms with Crippen LogP contribution in [-0.2, 0) is 14.3 Å². The molecule has 0 aliphatic carbocycles. The summed E-state index contributed by atoms with van der Waals surface area (Å²) in [5.41, 5.74) is 4.11. The Morgan fingerprint density at radius 1 is 1.17 bits per heavy atom. The van der Waals surface area contributed by atoms with E-state index in [1.807, 2.05) is 45.0 Å². The quantitative estimate of drug-likeness (QED) is 0.439. The van der Waals surface area contributed by atoms with Crippen LogP contribution in [-0.4, -0.2) is 28.3 Å². The number of anilines is 1. The van der Waals surface area contributed by atoms with Crippen molar-refractivity contribution in [3.05, 3.63) is 69.9 Å². The van der Waals surface area contributed by atoms with E-state index < -0.39 is 18.5 Å². The second kappa shape index (κ2) is 8.91. The van der Waals surface area contributed by atoms with E-state index in [1.54, 1.807) is 16.8 Å². The molecular weight excluding hydrogens is 438 g/mol. The number of carbonyl (C=O) groups is 2. The summed E-state index contributed by atoms with van der Waals surface area (Å²) in [6.45, 7) is 5.29. The van der Waals surface area contributed by atoms with Crippen molar-refractivity contribution in [3.8, 4) is 5.69 Å². The molecule has 2 aromatic heterocycles. The van der Waals surface area contributed by atoms with Gasteiger partial charge in [0.2, 0.25) is 0 Å². The fourth-order valence-electron chi connectivity index (χ4n) is 2.69. The van der Waals surface area contributed by atoms with Gasteiger partial charge in [0.1, 0.15) is 5.76 Å². The smallest absolute Gasteiger partial charge is 0.331 e. The number of nitrogens with one attached hydrogen (secondary N) is 1. The Labute approximate surface area is 176 Å². The molecule has 8 heteroatoms. The van der Waals surface area contributed by atoms with E-state index in [4.69, 9.17) is 9.15 Å². The molecule has 0 saturated carbocycles. The van der Waals surface area contributed by atoms with Crippen LogP contribution in [0.1, 0.15) is 22.7 Å². The lowest BCUT2D eigenvalue weighted by atomic mass is 10.2. The highest BCUT2D eigenvalue weighted by Crippen LogP contribution is 2.23. The molecule has 150 valence electrons. The number of halogens is 1. The SMILES string of the molecule is Cc1ccc(-n2nc(C)c(NC(=O)COC(=O)/C=C/c3ccc(Br)o3)c2C)cc1. The third-order valence-corrected chi connectivity index (χ3v) is 4.58. The molecule has 2 heterocycles. The van der Waals surface area contributed by atoms with Crippen LogP contribution < -0.4 is 5.32 Å². The zero-order chi connectivity index (χ0) is 21.0. The lowest BCUT2D eigenvalue weighted by Crippen LogP contribution is -2.20. The van der Waals surface area contributed by atoms with E-state index in [0.717, 1.165) is 16.9 Å². The summed E-state index contributed by atoms with van der Waals surface area (Å²) >= 11 is 3.18. The average molecular weight is 458 g/mol. The van der Waals surface area contributed by atoms with Gasteiger partial charge in [-0.25, -0.2) is 9.48 Å². The molecule has 7 nitrogen and oxygen atoms in total. The number of benzene rings is 1. The first-order valence-corrected chi connectivity index (χ1v) is 9.66. The van der Waals surface area contributed by atoms with E-state index in [2.05, 4.69) is 26.3 Å². The molecule has 0 saturated heterocycles. The Balaban J connectivity index is 1.60. The minimum Gasteiger partial charge on any atom is -0.452 e. The van der Waals surface area contributed by atoms with Crippen LogP contribution >= 0.6 is 15.9 Å². The highest BCUT2D eigenvalue weighted by atomic mass is 79.9. The fourth-order valence-corrected chi connectivity index (χ4v) is 3.01.